The predicted molar refractivity (Wildman–Crippen MR) is 150 cm³/mol. The lowest BCUT2D eigenvalue weighted by molar-refractivity contribution is -0.119. The summed E-state index contributed by atoms with van der Waals surface area (Å²) in [5, 5.41) is 2.71. The Labute approximate surface area is 228 Å². The van der Waals surface area contributed by atoms with E-state index in [-0.39, 0.29) is 29.3 Å². The maximum atomic E-state index is 14.4. The molecular formula is C29H33FN4O4S. The highest BCUT2D eigenvalue weighted by molar-refractivity contribution is 7.89. The van der Waals surface area contributed by atoms with Crippen LogP contribution in [0.15, 0.2) is 71.6 Å². The molecule has 1 unspecified atom stereocenters. The molecule has 0 aromatic heterocycles. The molecule has 0 radical (unpaired) electrons. The van der Waals surface area contributed by atoms with Gasteiger partial charge in [-0.1, -0.05) is 36.4 Å². The summed E-state index contributed by atoms with van der Waals surface area (Å²) in [6.07, 6.45) is 2.52. The fourth-order valence-corrected chi connectivity index (χ4v) is 6.92. The van der Waals surface area contributed by atoms with E-state index >= 15 is 0 Å². The van der Waals surface area contributed by atoms with Crippen molar-refractivity contribution >= 4 is 33.0 Å². The molecule has 1 amide bonds. The number of methoxy groups -OCH3 is 1. The van der Waals surface area contributed by atoms with Crippen molar-refractivity contribution in [3.8, 4) is 0 Å². The smallest absolute Gasteiger partial charge is 0.250 e. The van der Waals surface area contributed by atoms with Crippen molar-refractivity contribution in [3.63, 3.8) is 0 Å². The van der Waals surface area contributed by atoms with Crippen molar-refractivity contribution in [2.24, 2.45) is 0 Å². The number of nitrogens with zero attached hydrogens (tertiary/aromatic N) is 2. The Morgan fingerprint density at radius 2 is 1.67 bits per heavy atom. The molecule has 1 aliphatic heterocycles. The van der Waals surface area contributed by atoms with Crippen LogP contribution < -0.4 is 19.8 Å². The molecule has 39 heavy (non-hydrogen) atoms. The van der Waals surface area contributed by atoms with E-state index in [2.05, 4.69) is 10.0 Å². The minimum absolute atomic E-state index is 0.0973. The Morgan fingerprint density at radius 1 is 0.974 bits per heavy atom. The number of piperazine rings is 1. The lowest BCUT2D eigenvalue weighted by atomic mass is 9.88. The van der Waals surface area contributed by atoms with Crippen LogP contribution in [0, 0.1) is 5.82 Å². The summed E-state index contributed by atoms with van der Waals surface area (Å²) in [6, 6.07) is 19.2. The molecule has 0 saturated carbocycles. The molecule has 1 aliphatic carbocycles. The van der Waals surface area contributed by atoms with Crippen molar-refractivity contribution in [2.45, 2.75) is 30.2 Å². The van der Waals surface area contributed by atoms with E-state index in [0.717, 1.165) is 24.0 Å². The third-order valence-corrected chi connectivity index (χ3v) is 8.79. The average Bonchev–Trinajstić information content (AvgIpc) is 2.94. The number of benzene rings is 3. The molecule has 0 bridgehead atoms. The predicted octanol–water partition coefficient (Wildman–Crippen LogP) is 4.09. The van der Waals surface area contributed by atoms with Gasteiger partial charge in [-0.15, -0.1) is 0 Å². The lowest BCUT2D eigenvalue weighted by Crippen LogP contribution is -2.47. The molecule has 1 saturated heterocycles. The SMILES string of the molecule is COCC(=O)Nc1ccc(N2CCN(c3ccccc3F)CC2)c(S(=O)(=O)NC2CCCc3ccccc32)c1. The maximum absolute atomic E-state index is 14.4. The lowest BCUT2D eigenvalue weighted by Gasteiger charge is -2.38. The molecule has 1 atom stereocenters. The molecule has 3 aromatic carbocycles. The largest absolute Gasteiger partial charge is 0.375 e. The molecule has 2 N–H and O–H groups in total. The molecule has 2 aliphatic rings. The summed E-state index contributed by atoms with van der Waals surface area (Å²) < 4.78 is 50.1. The molecule has 3 aromatic rings. The average molecular weight is 553 g/mol. The van der Waals surface area contributed by atoms with Gasteiger partial charge in [0.2, 0.25) is 15.9 Å². The van der Waals surface area contributed by atoms with Crippen LogP contribution in [0.25, 0.3) is 0 Å². The number of ether oxygens (including phenoxy) is 1. The van der Waals surface area contributed by atoms with Gasteiger partial charge in [-0.05, 0) is 60.7 Å². The van der Waals surface area contributed by atoms with E-state index in [9.17, 15) is 17.6 Å². The first kappa shape index (κ1) is 27.1. The monoisotopic (exact) mass is 552 g/mol. The zero-order valence-corrected chi connectivity index (χ0v) is 22.7. The van der Waals surface area contributed by atoms with Crippen LogP contribution in [-0.2, 0) is 26.0 Å². The van der Waals surface area contributed by atoms with Crippen molar-refractivity contribution in [1.82, 2.24) is 4.72 Å². The number of hydrogen-bond donors (Lipinski definition) is 2. The second kappa shape index (κ2) is 11.7. The molecule has 10 heteroatoms. The Morgan fingerprint density at radius 3 is 2.41 bits per heavy atom. The van der Waals surface area contributed by atoms with Crippen LogP contribution in [-0.4, -0.2) is 54.2 Å². The van der Waals surface area contributed by atoms with Gasteiger partial charge in [0.25, 0.3) is 0 Å². The van der Waals surface area contributed by atoms with Gasteiger partial charge in [0, 0.05) is 45.0 Å². The number of para-hydroxylation sites is 1. The first-order valence-electron chi connectivity index (χ1n) is 13.1. The fraction of sp³-hybridized carbons (Fsp3) is 0.345. The highest BCUT2D eigenvalue weighted by Crippen LogP contribution is 2.34. The zero-order chi connectivity index (χ0) is 27.4. The van der Waals surface area contributed by atoms with E-state index in [4.69, 9.17) is 4.74 Å². The molecule has 0 spiro atoms. The van der Waals surface area contributed by atoms with Crippen molar-refractivity contribution in [2.75, 3.05) is 55.0 Å². The van der Waals surface area contributed by atoms with Gasteiger partial charge in [-0.3, -0.25) is 4.79 Å². The minimum Gasteiger partial charge on any atom is -0.375 e. The van der Waals surface area contributed by atoms with Crippen LogP contribution in [0.2, 0.25) is 0 Å². The number of sulfonamides is 1. The second-order valence-electron chi connectivity index (χ2n) is 9.85. The van der Waals surface area contributed by atoms with Crippen LogP contribution in [0.1, 0.15) is 30.0 Å². The number of amides is 1. The Balaban J connectivity index is 1.43. The zero-order valence-electron chi connectivity index (χ0n) is 21.9. The summed E-state index contributed by atoms with van der Waals surface area (Å²) in [5.41, 5.74) is 3.61. The van der Waals surface area contributed by atoms with E-state index in [1.54, 1.807) is 30.3 Å². The number of aryl methyl sites for hydroxylation is 1. The van der Waals surface area contributed by atoms with Crippen LogP contribution in [0.4, 0.5) is 21.5 Å². The summed E-state index contributed by atoms with van der Waals surface area (Å²) in [4.78, 5) is 16.2. The van der Waals surface area contributed by atoms with E-state index in [1.807, 2.05) is 34.1 Å². The Hall–Kier alpha value is -3.47. The van der Waals surface area contributed by atoms with E-state index < -0.39 is 10.0 Å². The summed E-state index contributed by atoms with van der Waals surface area (Å²) in [5.74, 6) is -0.649. The Bertz CT molecular complexity index is 1440. The fourth-order valence-electron chi connectivity index (χ4n) is 5.42. The number of carbonyl (C=O) groups is 1. The number of carbonyl (C=O) groups excluding carboxylic acids is 1. The van der Waals surface area contributed by atoms with Crippen LogP contribution in [0.5, 0.6) is 0 Å². The van der Waals surface area contributed by atoms with Gasteiger partial charge >= 0.3 is 0 Å². The minimum atomic E-state index is -3.97. The van der Waals surface area contributed by atoms with E-state index in [0.29, 0.717) is 49.7 Å². The highest BCUT2D eigenvalue weighted by Gasteiger charge is 2.30. The first-order chi connectivity index (χ1) is 18.9. The molecule has 8 nitrogen and oxygen atoms in total. The number of hydrogen-bond acceptors (Lipinski definition) is 6. The summed E-state index contributed by atoms with van der Waals surface area (Å²) in [7, 11) is -2.55. The van der Waals surface area contributed by atoms with Gasteiger partial charge < -0.3 is 19.9 Å². The maximum Gasteiger partial charge on any atom is 0.250 e. The molecule has 1 heterocycles. The molecule has 206 valence electrons. The van der Waals surface area contributed by atoms with Crippen LogP contribution >= 0.6 is 0 Å². The molecule has 5 rings (SSSR count). The highest BCUT2D eigenvalue weighted by atomic mass is 32.2. The quantitative estimate of drug-likeness (QED) is 0.438. The standard InChI is InChI=1S/C29H33FN4O4S/c1-38-20-29(35)31-22-13-14-27(34-17-15-33(16-18-34)26-12-5-4-10-24(26)30)28(19-22)39(36,37)32-25-11-6-8-21-7-2-3-9-23(21)25/h2-5,7,9-10,12-14,19,25,32H,6,8,11,15-18,20H2,1H3,(H,31,35). The van der Waals surface area contributed by atoms with E-state index in [1.165, 1.54) is 19.2 Å². The number of halogens is 1. The number of anilines is 3. The van der Waals surface area contributed by atoms with Gasteiger partial charge in [0.15, 0.2) is 0 Å². The third-order valence-electron chi connectivity index (χ3n) is 7.29. The Kier molecular flexibility index (Phi) is 8.15. The van der Waals surface area contributed by atoms with Gasteiger partial charge in [0.1, 0.15) is 17.3 Å². The number of nitrogens with one attached hydrogen (secondary N) is 2. The second-order valence-corrected chi connectivity index (χ2v) is 11.5. The summed E-state index contributed by atoms with van der Waals surface area (Å²) in [6.45, 7) is 1.96. The topological polar surface area (TPSA) is 91.0 Å². The number of fused-ring (bicyclic) bond motifs is 1. The molecular weight excluding hydrogens is 519 g/mol. The van der Waals surface area contributed by atoms with Gasteiger partial charge in [-0.2, -0.15) is 0 Å². The van der Waals surface area contributed by atoms with Crippen molar-refractivity contribution < 1.29 is 22.3 Å². The normalized spacial score (nSPS) is 17.5. The van der Waals surface area contributed by atoms with Gasteiger partial charge in [-0.25, -0.2) is 17.5 Å². The first-order valence-corrected chi connectivity index (χ1v) is 14.6. The summed E-state index contributed by atoms with van der Waals surface area (Å²) >= 11 is 0. The molecule has 1 fully saturated rings. The van der Waals surface area contributed by atoms with Crippen molar-refractivity contribution in [1.29, 1.82) is 0 Å². The third kappa shape index (κ3) is 6.08. The van der Waals surface area contributed by atoms with Gasteiger partial charge in [0.05, 0.1) is 11.4 Å². The van der Waals surface area contributed by atoms with Crippen molar-refractivity contribution in [3.05, 3.63) is 83.7 Å². The number of rotatable bonds is 8. The van der Waals surface area contributed by atoms with Crippen LogP contribution in [0.3, 0.4) is 0 Å².